The zero-order valence-electron chi connectivity index (χ0n) is 14.1. The summed E-state index contributed by atoms with van der Waals surface area (Å²) in [6.45, 7) is 2.76. The van der Waals surface area contributed by atoms with Crippen molar-refractivity contribution in [3.05, 3.63) is 64.6 Å². The number of rotatable bonds is 5. The highest BCUT2D eigenvalue weighted by atomic mass is 32.1. The molecule has 3 aromatic rings. The Morgan fingerprint density at radius 2 is 2.00 bits per heavy atom. The Bertz CT molecular complexity index is 822. The third-order valence-electron chi connectivity index (χ3n) is 4.06. The number of nitrogens with zero attached hydrogens (tertiary/aromatic N) is 3. The normalized spacial score (nSPS) is 12.1. The fourth-order valence-corrected chi connectivity index (χ4v) is 3.60. The summed E-state index contributed by atoms with van der Waals surface area (Å²) in [5.74, 6) is 0.239. The van der Waals surface area contributed by atoms with Crippen LogP contribution in [0.2, 0.25) is 0 Å². The summed E-state index contributed by atoms with van der Waals surface area (Å²) in [6, 6.07) is 13.5. The van der Waals surface area contributed by atoms with Gasteiger partial charge >= 0.3 is 0 Å². The highest BCUT2D eigenvalue weighted by molar-refractivity contribution is 7.10. The molecule has 2 aromatic heterocycles. The molecule has 0 aliphatic heterocycles. The Balaban J connectivity index is 1.69. The van der Waals surface area contributed by atoms with Gasteiger partial charge in [-0.05, 0) is 24.3 Å². The van der Waals surface area contributed by atoms with Gasteiger partial charge in [0, 0.05) is 43.7 Å². The molecule has 5 heteroatoms. The van der Waals surface area contributed by atoms with Crippen LogP contribution in [0.1, 0.15) is 28.2 Å². The van der Waals surface area contributed by atoms with Crippen molar-refractivity contribution in [2.45, 2.75) is 12.8 Å². The molecule has 0 radical (unpaired) electrons. The lowest BCUT2D eigenvalue weighted by Gasteiger charge is -2.20. The predicted molar refractivity (Wildman–Crippen MR) is 98.3 cm³/mol. The summed E-state index contributed by atoms with van der Waals surface area (Å²) in [5.41, 5.74) is 2.82. The molecule has 0 N–H and O–H groups in total. The molecule has 0 unspecified atom stereocenters. The van der Waals surface area contributed by atoms with Crippen molar-refractivity contribution < 1.29 is 4.79 Å². The molecule has 2 heterocycles. The van der Waals surface area contributed by atoms with E-state index in [0.717, 1.165) is 22.0 Å². The Hall–Kier alpha value is -2.40. The van der Waals surface area contributed by atoms with Gasteiger partial charge in [-0.15, -0.1) is 11.3 Å². The van der Waals surface area contributed by atoms with Crippen LogP contribution in [-0.2, 0) is 7.05 Å². The molecule has 3 rings (SSSR count). The van der Waals surface area contributed by atoms with Crippen molar-refractivity contribution in [2.75, 3.05) is 13.6 Å². The van der Waals surface area contributed by atoms with Crippen molar-refractivity contribution >= 4 is 17.2 Å². The Labute approximate surface area is 146 Å². The molecule has 1 atom stereocenters. The molecular weight excluding hydrogens is 318 g/mol. The molecule has 0 aliphatic rings. The smallest absolute Gasteiger partial charge is 0.253 e. The standard InChI is InChI=1S/C19H21N3OS/c1-14(12-22(3)19(23)15-8-5-4-6-9-15)18-20-16(13-24-18)17-10-7-11-21(17)2/h4-11,13-14H,12H2,1-3H3/t14-/m1/s1. The molecule has 0 spiro atoms. The van der Waals surface area contributed by atoms with Crippen LogP contribution in [0.25, 0.3) is 11.4 Å². The summed E-state index contributed by atoms with van der Waals surface area (Å²) in [5, 5.41) is 3.14. The number of benzene rings is 1. The zero-order chi connectivity index (χ0) is 17.1. The van der Waals surface area contributed by atoms with Gasteiger partial charge in [-0.25, -0.2) is 4.98 Å². The van der Waals surface area contributed by atoms with Gasteiger partial charge in [0.2, 0.25) is 0 Å². The van der Waals surface area contributed by atoms with E-state index in [1.165, 1.54) is 0 Å². The number of hydrogen-bond donors (Lipinski definition) is 0. The van der Waals surface area contributed by atoms with Crippen LogP contribution in [0.15, 0.2) is 54.0 Å². The Morgan fingerprint density at radius 1 is 1.25 bits per heavy atom. The van der Waals surface area contributed by atoms with Gasteiger partial charge in [0.05, 0.1) is 16.4 Å². The summed E-state index contributed by atoms with van der Waals surface area (Å²) >= 11 is 1.65. The van der Waals surface area contributed by atoms with Gasteiger partial charge in [0.25, 0.3) is 5.91 Å². The molecule has 4 nitrogen and oxygen atoms in total. The number of carbonyl (C=O) groups is 1. The van der Waals surface area contributed by atoms with Crippen LogP contribution in [-0.4, -0.2) is 34.0 Å². The molecule has 1 aromatic carbocycles. The minimum Gasteiger partial charge on any atom is -0.349 e. The van der Waals surface area contributed by atoms with Crippen molar-refractivity contribution in [2.24, 2.45) is 7.05 Å². The van der Waals surface area contributed by atoms with Crippen molar-refractivity contribution in [3.63, 3.8) is 0 Å². The van der Waals surface area contributed by atoms with Crippen LogP contribution in [0.4, 0.5) is 0 Å². The van der Waals surface area contributed by atoms with Gasteiger partial charge < -0.3 is 9.47 Å². The highest BCUT2D eigenvalue weighted by Crippen LogP contribution is 2.27. The van der Waals surface area contributed by atoms with Gasteiger partial charge in [-0.2, -0.15) is 0 Å². The average molecular weight is 339 g/mol. The lowest BCUT2D eigenvalue weighted by Crippen LogP contribution is -2.30. The third kappa shape index (κ3) is 3.41. The van der Waals surface area contributed by atoms with Crippen LogP contribution >= 0.6 is 11.3 Å². The summed E-state index contributed by atoms with van der Waals surface area (Å²) in [7, 11) is 3.86. The Kier molecular flexibility index (Phi) is 4.81. The first-order chi connectivity index (χ1) is 11.6. The van der Waals surface area contributed by atoms with Crippen LogP contribution in [0.3, 0.4) is 0 Å². The van der Waals surface area contributed by atoms with Crippen LogP contribution in [0, 0.1) is 0 Å². The van der Waals surface area contributed by atoms with Crippen LogP contribution < -0.4 is 0 Å². The minimum atomic E-state index is 0.0432. The quantitative estimate of drug-likeness (QED) is 0.704. The van der Waals surface area contributed by atoms with Crippen molar-refractivity contribution in [3.8, 4) is 11.4 Å². The van der Waals surface area contributed by atoms with Gasteiger partial charge in [0.1, 0.15) is 0 Å². The van der Waals surface area contributed by atoms with Crippen molar-refractivity contribution in [1.82, 2.24) is 14.5 Å². The van der Waals surface area contributed by atoms with E-state index in [1.807, 2.05) is 56.7 Å². The van der Waals surface area contributed by atoms with E-state index in [1.54, 1.807) is 16.2 Å². The number of carbonyl (C=O) groups excluding carboxylic acids is 1. The fourth-order valence-electron chi connectivity index (χ4n) is 2.73. The van der Waals surface area contributed by atoms with Gasteiger partial charge in [-0.1, -0.05) is 25.1 Å². The molecule has 1 amide bonds. The van der Waals surface area contributed by atoms with Crippen molar-refractivity contribution in [1.29, 1.82) is 0 Å². The van der Waals surface area contributed by atoms with E-state index in [4.69, 9.17) is 4.98 Å². The van der Waals surface area contributed by atoms with Gasteiger partial charge in [0.15, 0.2) is 0 Å². The molecule has 24 heavy (non-hydrogen) atoms. The molecule has 124 valence electrons. The number of aromatic nitrogens is 2. The van der Waals surface area contributed by atoms with E-state index >= 15 is 0 Å². The number of likely N-dealkylation sites (N-methyl/N-ethyl adjacent to an activating group) is 1. The van der Waals surface area contributed by atoms with Gasteiger partial charge in [-0.3, -0.25) is 4.79 Å². The zero-order valence-corrected chi connectivity index (χ0v) is 15.0. The molecule has 0 fully saturated rings. The second-order valence-electron chi connectivity index (χ2n) is 6.03. The molecule has 0 saturated carbocycles. The average Bonchev–Trinajstić information content (AvgIpc) is 3.23. The minimum absolute atomic E-state index is 0.0432. The van der Waals surface area contributed by atoms with E-state index in [9.17, 15) is 4.79 Å². The van der Waals surface area contributed by atoms with E-state index in [0.29, 0.717) is 6.54 Å². The second kappa shape index (κ2) is 7.01. The lowest BCUT2D eigenvalue weighted by atomic mass is 10.1. The fraction of sp³-hybridized carbons (Fsp3) is 0.263. The van der Waals surface area contributed by atoms with E-state index in [-0.39, 0.29) is 11.8 Å². The SMILES string of the molecule is C[C@H](CN(C)C(=O)c1ccccc1)c1nc(-c2cccn2C)cs1. The maximum Gasteiger partial charge on any atom is 0.253 e. The first kappa shape index (κ1) is 16.5. The maximum atomic E-state index is 12.5. The molecular formula is C19H21N3OS. The molecule has 0 saturated heterocycles. The topological polar surface area (TPSA) is 38.1 Å². The predicted octanol–water partition coefficient (Wildman–Crippen LogP) is 4.02. The van der Waals surface area contributed by atoms with Crippen LogP contribution in [0.5, 0.6) is 0 Å². The Morgan fingerprint density at radius 3 is 2.67 bits per heavy atom. The summed E-state index contributed by atoms with van der Waals surface area (Å²) in [6.07, 6.45) is 2.02. The summed E-state index contributed by atoms with van der Waals surface area (Å²) in [4.78, 5) is 19.0. The number of thiazole rings is 1. The first-order valence-electron chi connectivity index (χ1n) is 7.94. The monoisotopic (exact) mass is 339 g/mol. The van der Waals surface area contributed by atoms with E-state index in [2.05, 4.69) is 22.9 Å². The third-order valence-corrected chi connectivity index (χ3v) is 5.14. The number of amides is 1. The lowest BCUT2D eigenvalue weighted by molar-refractivity contribution is 0.0788. The second-order valence-corrected chi connectivity index (χ2v) is 6.92. The maximum absolute atomic E-state index is 12.5. The first-order valence-corrected chi connectivity index (χ1v) is 8.82. The molecule has 0 aliphatic carbocycles. The summed E-state index contributed by atoms with van der Waals surface area (Å²) < 4.78 is 2.06. The number of aryl methyl sites for hydroxylation is 1. The largest absolute Gasteiger partial charge is 0.349 e. The number of hydrogen-bond acceptors (Lipinski definition) is 3. The molecule has 0 bridgehead atoms. The van der Waals surface area contributed by atoms with E-state index < -0.39 is 0 Å². The highest BCUT2D eigenvalue weighted by Gasteiger charge is 2.18.